The third kappa shape index (κ3) is 4.02. The topological polar surface area (TPSA) is 48.8 Å². The summed E-state index contributed by atoms with van der Waals surface area (Å²) in [6, 6.07) is 0.288. The van der Waals surface area contributed by atoms with E-state index in [0.29, 0.717) is 0 Å². The van der Waals surface area contributed by atoms with Crippen molar-refractivity contribution < 1.29 is 9.84 Å². The van der Waals surface area contributed by atoms with Crippen molar-refractivity contribution in [2.75, 3.05) is 39.4 Å². The molecular weight excluding hydrogens is 286 g/mol. The Morgan fingerprint density at radius 3 is 2.76 bits per heavy atom. The summed E-state index contributed by atoms with van der Waals surface area (Å²) in [5, 5.41) is 13.7. The largest absolute Gasteiger partial charge is 0.391 e. The second kappa shape index (κ2) is 7.15. The van der Waals surface area contributed by atoms with Crippen molar-refractivity contribution in [1.82, 2.24) is 14.8 Å². The van der Waals surface area contributed by atoms with Gasteiger partial charge in [0, 0.05) is 44.1 Å². The standard InChI is InChI=1S/C15H25N3O2S/c1-12-16-13(11-21-12)10-17-4-2-14(15(19)3-5-17)18-6-8-20-9-7-18/h11,14-15,19H,2-10H2,1H3/t14-,15-/m0/s1. The quantitative estimate of drug-likeness (QED) is 0.906. The molecule has 0 spiro atoms. The number of likely N-dealkylation sites (tertiary alicyclic amines) is 1. The fourth-order valence-corrected chi connectivity index (χ4v) is 3.93. The number of nitrogens with zero attached hydrogens (tertiary/aromatic N) is 3. The van der Waals surface area contributed by atoms with Crippen LogP contribution in [0.25, 0.3) is 0 Å². The van der Waals surface area contributed by atoms with Crippen molar-refractivity contribution >= 4 is 11.3 Å². The maximum absolute atomic E-state index is 10.5. The molecule has 2 aliphatic rings. The lowest BCUT2D eigenvalue weighted by atomic mass is 10.0. The van der Waals surface area contributed by atoms with E-state index in [4.69, 9.17) is 4.74 Å². The molecule has 0 unspecified atom stereocenters. The van der Waals surface area contributed by atoms with Gasteiger partial charge in [0.05, 0.1) is 30.0 Å². The van der Waals surface area contributed by atoms with Gasteiger partial charge in [-0.05, 0) is 19.8 Å². The zero-order valence-electron chi connectivity index (χ0n) is 12.7. The van der Waals surface area contributed by atoms with E-state index < -0.39 is 0 Å². The van der Waals surface area contributed by atoms with Crippen LogP contribution in [0, 0.1) is 6.92 Å². The molecule has 2 atom stereocenters. The molecule has 118 valence electrons. The summed E-state index contributed by atoms with van der Waals surface area (Å²) in [6.07, 6.45) is 1.67. The van der Waals surface area contributed by atoms with Crippen LogP contribution >= 0.6 is 11.3 Å². The fourth-order valence-electron chi connectivity index (χ4n) is 3.33. The van der Waals surface area contributed by atoms with E-state index in [2.05, 4.69) is 27.1 Å². The van der Waals surface area contributed by atoms with Gasteiger partial charge in [0.25, 0.3) is 0 Å². The minimum absolute atomic E-state index is 0.217. The predicted molar refractivity (Wildman–Crippen MR) is 83.5 cm³/mol. The zero-order chi connectivity index (χ0) is 14.7. The lowest BCUT2D eigenvalue weighted by Gasteiger charge is -2.36. The van der Waals surface area contributed by atoms with E-state index in [-0.39, 0.29) is 12.1 Å². The van der Waals surface area contributed by atoms with Crippen LogP contribution in [0.4, 0.5) is 0 Å². The van der Waals surface area contributed by atoms with Crippen molar-refractivity contribution in [3.05, 3.63) is 16.1 Å². The maximum Gasteiger partial charge on any atom is 0.0897 e. The highest BCUT2D eigenvalue weighted by molar-refractivity contribution is 7.09. The summed E-state index contributed by atoms with van der Waals surface area (Å²) in [4.78, 5) is 9.39. The van der Waals surface area contributed by atoms with Crippen LogP contribution in [-0.4, -0.2) is 71.4 Å². The van der Waals surface area contributed by atoms with E-state index in [1.807, 2.05) is 0 Å². The van der Waals surface area contributed by atoms with Crippen molar-refractivity contribution in [3.63, 3.8) is 0 Å². The van der Waals surface area contributed by atoms with Gasteiger partial charge in [0.15, 0.2) is 0 Å². The van der Waals surface area contributed by atoms with Crippen molar-refractivity contribution in [1.29, 1.82) is 0 Å². The van der Waals surface area contributed by atoms with Gasteiger partial charge in [-0.2, -0.15) is 0 Å². The molecule has 2 aliphatic heterocycles. The Bertz CT molecular complexity index is 448. The third-order valence-electron chi connectivity index (χ3n) is 4.49. The van der Waals surface area contributed by atoms with Gasteiger partial charge < -0.3 is 9.84 Å². The van der Waals surface area contributed by atoms with Crippen LogP contribution in [0.1, 0.15) is 23.5 Å². The number of aliphatic hydroxyl groups is 1. The summed E-state index contributed by atoms with van der Waals surface area (Å²) in [5.41, 5.74) is 1.16. The monoisotopic (exact) mass is 311 g/mol. The first kappa shape index (κ1) is 15.4. The first-order valence-electron chi connectivity index (χ1n) is 7.85. The van der Waals surface area contributed by atoms with Crippen LogP contribution in [0.5, 0.6) is 0 Å². The number of hydrogen-bond donors (Lipinski definition) is 1. The Hall–Kier alpha value is -0.530. The number of hydrogen-bond acceptors (Lipinski definition) is 6. The van der Waals surface area contributed by atoms with Gasteiger partial charge in [0.1, 0.15) is 0 Å². The molecular formula is C15H25N3O2S. The highest BCUT2D eigenvalue weighted by Crippen LogP contribution is 2.20. The van der Waals surface area contributed by atoms with Gasteiger partial charge in [0.2, 0.25) is 0 Å². The lowest BCUT2D eigenvalue weighted by molar-refractivity contribution is -0.0222. The second-order valence-electron chi connectivity index (χ2n) is 5.99. The molecule has 3 heterocycles. The molecule has 0 amide bonds. The highest BCUT2D eigenvalue weighted by atomic mass is 32.1. The van der Waals surface area contributed by atoms with Crippen molar-refractivity contribution in [2.24, 2.45) is 0 Å². The van der Waals surface area contributed by atoms with Gasteiger partial charge in [-0.1, -0.05) is 0 Å². The van der Waals surface area contributed by atoms with Gasteiger partial charge >= 0.3 is 0 Å². The van der Waals surface area contributed by atoms with E-state index in [1.54, 1.807) is 11.3 Å². The molecule has 0 aromatic carbocycles. The normalized spacial score (nSPS) is 29.4. The molecule has 1 N–H and O–H groups in total. The Morgan fingerprint density at radius 2 is 2.05 bits per heavy atom. The maximum atomic E-state index is 10.5. The molecule has 3 rings (SSSR count). The molecule has 2 fully saturated rings. The molecule has 0 saturated carbocycles. The summed E-state index contributed by atoms with van der Waals surface area (Å²) >= 11 is 1.71. The minimum atomic E-state index is -0.217. The highest BCUT2D eigenvalue weighted by Gasteiger charge is 2.30. The average molecular weight is 311 g/mol. The van der Waals surface area contributed by atoms with Crippen LogP contribution in [0.3, 0.4) is 0 Å². The smallest absolute Gasteiger partial charge is 0.0897 e. The SMILES string of the molecule is Cc1nc(CN2CC[C@H](O)[C@@H](N3CCOCC3)CC2)cs1. The average Bonchev–Trinajstić information content (AvgIpc) is 2.81. The molecule has 0 bridgehead atoms. The van der Waals surface area contributed by atoms with Crippen molar-refractivity contribution in [3.8, 4) is 0 Å². The van der Waals surface area contributed by atoms with Crippen LogP contribution in [-0.2, 0) is 11.3 Å². The molecule has 1 aromatic rings. The molecule has 6 heteroatoms. The number of thiazole rings is 1. The first-order valence-corrected chi connectivity index (χ1v) is 8.73. The molecule has 0 radical (unpaired) electrons. The summed E-state index contributed by atoms with van der Waals surface area (Å²) in [7, 11) is 0. The molecule has 2 saturated heterocycles. The van der Waals surface area contributed by atoms with E-state index in [1.165, 1.54) is 0 Å². The first-order chi connectivity index (χ1) is 10.2. The number of rotatable bonds is 3. The fraction of sp³-hybridized carbons (Fsp3) is 0.800. The number of aryl methyl sites for hydroxylation is 1. The summed E-state index contributed by atoms with van der Waals surface area (Å²) in [6.45, 7) is 8.45. The summed E-state index contributed by atoms with van der Waals surface area (Å²) < 4.78 is 5.42. The number of morpholine rings is 1. The van der Waals surface area contributed by atoms with Crippen LogP contribution in [0.2, 0.25) is 0 Å². The predicted octanol–water partition coefficient (Wildman–Crippen LogP) is 1.11. The van der Waals surface area contributed by atoms with E-state index in [0.717, 1.165) is 69.5 Å². The van der Waals surface area contributed by atoms with Gasteiger partial charge in [-0.25, -0.2) is 4.98 Å². The Balaban J connectivity index is 1.57. The number of aliphatic hydroxyl groups excluding tert-OH is 1. The number of aromatic nitrogens is 1. The Labute approximate surface area is 130 Å². The van der Waals surface area contributed by atoms with Gasteiger partial charge in [-0.15, -0.1) is 11.3 Å². The van der Waals surface area contributed by atoms with Crippen molar-refractivity contribution in [2.45, 2.75) is 38.5 Å². The lowest BCUT2D eigenvalue weighted by Crippen LogP contribution is -2.49. The summed E-state index contributed by atoms with van der Waals surface area (Å²) in [5.74, 6) is 0. The third-order valence-corrected chi connectivity index (χ3v) is 5.32. The van der Waals surface area contributed by atoms with Gasteiger partial charge in [-0.3, -0.25) is 9.80 Å². The molecule has 0 aliphatic carbocycles. The molecule has 1 aromatic heterocycles. The van der Waals surface area contributed by atoms with E-state index >= 15 is 0 Å². The minimum Gasteiger partial charge on any atom is -0.391 e. The number of ether oxygens (including phenoxy) is 1. The van der Waals surface area contributed by atoms with Crippen LogP contribution < -0.4 is 0 Å². The Kier molecular flexibility index (Phi) is 5.24. The van der Waals surface area contributed by atoms with Crippen LogP contribution in [0.15, 0.2) is 5.38 Å². The second-order valence-corrected chi connectivity index (χ2v) is 7.06. The Morgan fingerprint density at radius 1 is 1.29 bits per heavy atom. The van der Waals surface area contributed by atoms with E-state index in [9.17, 15) is 5.11 Å². The molecule has 21 heavy (non-hydrogen) atoms. The molecule has 5 nitrogen and oxygen atoms in total. The zero-order valence-corrected chi connectivity index (χ0v) is 13.5.